The minimum atomic E-state index is -3.72. The molecule has 6 nitrogen and oxygen atoms in total. The maximum absolute atomic E-state index is 13.1. The van der Waals surface area contributed by atoms with Crippen LogP contribution in [0.15, 0.2) is 65.6 Å². The van der Waals surface area contributed by atoms with E-state index >= 15 is 0 Å². The first-order valence-corrected chi connectivity index (χ1v) is 11.1. The average molecular weight is 402 g/mol. The first-order valence-electron chi connectivity index (χ1n) is 9.65. The van der Waals surface area contributed by atoms with Gasteiger partial charge in [0.15, 0.2) is 0 Å². The van der Waals surface area contributed by atoms with E-state index in [0.717, 1.165) is 25.1 Å². The molecule has 2 aromatic rings. The molecule has 1 amide bonds. The maximum atomic E-state index is 13.1. The standard InChI is InChI=1S/C21H27N3O3S/c25-21(23-16-13-22-14-17-23)18-24(15-7-10-19-8-3-1-4-9-19)28(26,27)20-11-5-2-6-12-20/h1-6,8-9,11-12,22H,7,10,13-18H2. The molecular formula is C21H27N3O3S. The average Bonchev–Trinajstić information content (AvgIpc) is 2.75. The number of carbonyl (C=O) groups is 1. The summed E-state index contributed by atoms with van der Waals surface area (Å²) in [5.41, 5.74) is 1.16. The molecule has 7 heteroatoms. The Morgan fingerprint density at radius 1 is 0.964 bits per heavy atom. The number of rotatable bonds is 8. The molecule has 1 aliphatic rings. The molecule has 0 radical (unpaired) electrons. The van der Waals surface area contributed by atoms with E-state index in [1.807, 2.05) is 30.3 Å². The third-order valence-corrected chi connectivity index (χ3v) is 6.74. The van der Waals surface area contributed by atoms with E-state index in [9.17, 15) is 13.2 Å². The van der Waals surface area contributed by atoms with E-state index in [0.29, 0.717) is 26.1 Å². The third-order valence-electron chi connectivity index (χ3n) is 4.88. The highest BCUT2D eigenvalue weighted by atomic mass is 32.2. The third kappa shape index (κ3) is 5.41. The zero-order valence-corrected chi connectivity index (χ0v) is 16.8. The van der Waals surface area contributed by atoms with Crippen LogP contribution >= 0.6 is 0 Å². The number of aryl methyl sites for hydroxylation is 1. The van der Waals surface area contributed by atoms with E-state index < -0.39 is 10.0 Å². The molecule has 0 saturated carbocycles. The Labute approximate surface area is 167 Å². The van der Waals surface area contributed by atoms with Crippen molar-refractivity contribution < 1.29 is 13.2 Å². The summed E-state index contributed by atoms with van der Waals surface area (Å²) in [4.78, 5) is 14.7. The van der Waals surface area contributed by atoms with Crippen molar-refractivity contribution in [2.45, 2.75) is 17.7 Å². The van der Waals surface area contributed by atoms with Crippen molar-refractivity contribution in [3.05, 3.63) is 66.2 Å². The Morgan fingerprint density at radius 2 is 1.57 bits per heavy atom. The lowest BCUT2D eigenvalue weighted by molar-refractivity contribution is -0.131. The quantitative estimate of drug-likeness (QED) is 0.732. The van der Waals surface area contributed by atoms with Gasteiger partial charge in [0.05, 0.1) is 11.4 Å². The fraction of sp³-hybridized carbons (Fsp3) is 0.381. The van der Waals surface area contributed by atoms with Crippen LogP contribution in [-0.2, 0) is 21.2 Å². The van der Waals surface area contributed by atoms with Crippen LogP contribution in [0.4, 0.5) is 0 Å². The first-order chi connectivity index (χ1) is 13.6. The van der Waals surface area contributed by atoms with Crippen LogP contribution in [0.2, 0.25) is 0 Å². The summed E-state index contributed by atoms with van der Waals surface area (Å²) in [6.07, 6.45) is 1.42. The number of nitrogens with zero attached hydrogens (tertiary/aromatic N) is 2. The summed E-state index contributed by atoms with van der Waals surface area (Å²) in [5.74, 6) is -0.138. The first kappa shape index (κ1) is 20.5. The van der Waals surface area contributed by atoms with Crippen LogP contribution in [0, 0.1) is 0 Å². The monoisotopic (exact) mass is 401 g/mol. The Hall–Kier alpha value is -2.22. The Kier molecular flexibility index (Phi) is 7.19. The number of sulfonamides is 1. The smallest absolute Gasteiger partial charge is 0.243 e. The molecule has 1 fully saturated rings. The highest BCUT2D eigenvalue weighted by Crippen LogP contribution is 2.17. The molecule has 2 aromatic carbocycles. The van der Waals surface area contributed by atoms with Crippen LogP contribution in [-0.4, -0.2) is 62.8 Å². The van der Waals surface area contributed by atoms with Crippen molar-refractivity contribution in [1.29, 1.82) is 0 Å². The minimum absolute atomic E-state index is 0.119. The van der Waals surface area contributed by atoms with Gasteiger partial charge in [-0.05, 0) is 30.5 Å². The highest BCUT2D eigenvalue weighted by Gasteiger charge is 2.28. The normalized spacial score (nSPS) is 15.0. The van der Waals surface area contributed by atoms with Crippen molar-refractivity contribution in [2.75, 3.05) is 39.3 Å². The summed E-state index contributed by atoms with van der Waals surface area (Å²) in [6, 6.07) is 18.3. The van der Waals surface area contributed by atoms with Gasteiger partial charge >= 0.3 is 0 Å². The molecule has 1 aliphatic heterocycles. The van der Waals surface area contributed by atoms with Crippen molar-refractivity contribution in [1.82, 2.24) is 14.5 Å². The Bertz CT molecular complexity index is 851. The number of amides is 1. The van der Waals surface area contributed by atoms with Crippen molar-refractivity contribution in [2.24, 2.45) is 0 Å². The van der Waals surface area contributed by atoms with E-state index in [2.05, 4.69) is 5.32 Å². The van der Waals surface area contributed by atoms with Crippen LogP contribution in [0.3, 0.4) is 0 Å². The number of piperazine rings is 1. The molecule has 150 valence electrons. The van der Waals surface area contributed by atoms with Gasteiger partial charge in [0.2, 0.25) is 15.9 Å². The molecule has 0 bridgehead atoms. The summed E-state index contributed by atoms with van der Waals surface area (Å²) in [5, 5.41) is 3.21. The van der Waals surface area contributed by atoms with E-state index in [-0.39, 0.29) is 17.3 Å². The van der Waals surface area contributed by atoms with Gasteiger partial charge in [-0.3, -0.25) is 4.79 Å². The predicted molar refractivity (Wildman–Crippen MR) is 109 cm³/mol. The Balaban J connectivity index is 1.72. The lowest BCUT2D eigenvalue weighted by Crippen LogP contribution is -2.50. The molecule has 0 atom stereocenters. The van der Waals surface area contributed by atoms with Gasteiger partial charge in [0.25, 0.3) is 0 Å². The van der Waals surface area contributed by atoms with Crippen molar-refractivity contribution in [3.8, 4) is 0 Å². The molecular weight excluding hydrogens is 374 g/mol. The zero-order valence-electron chi connectivity index (χ0n) is 16.0. The second-order valence-corrected chi connectivity index (χ2v) is 8.81. The van der Waals surface area contributed by atoms with Crippen LogP contribution < -0.4 is 5.32 Å². The Morgan fingerprint density at radius 3 is 2.21 bits per heavy atom. The molecule has 1 heterocycles. The van der Waals surface area contributed by atoms with E-state index in [1.165, 1.54) is 4.31 Å². The second-order valence-electron chi connectivity index (χ2n) is 6.87. The maximum Gasteiger partial charge on any atom is 0.243 e. The molecule has 0 unspecified atom stereocenters. The molecule has 0 aliphatic carbocycles. The van der Waals surface area contributed by atoms with Crippen molar-refractivity contribution >= 4 is 15.9 Å². The fourth-order valence-corrected chi connectivity index (χ4v) is 4.74. The molecule has 3 rings (SSSR count). The van der Waals surface area contributed by atoms with E-state index in [4.69, 9.17) is 0 Å². The topological polar surface area (TPSA) is 69.7 Å². The highest BCUT2D eigenvalue weighted by molar-refractivity contribution is 7.89. The number of benzene rings is 2. The van der Waals surface area contributed by atoms with Gasteiger partial charge < -0.3 is 10.2 Å². The summed E-state index contributed by atoms with van der Waals surface area (Å²) < 4.78 is 27.6. The van der Waals surface area contributed by atoms with Gasteiger partial charge in [-0.2, -0.15) is 4.31 Å². The largest absolute Gasteiger partial charge is 0.339 e. The number of hydrogen-bond donors (Lipinski definition) is 1. The van der Waals surface area contributed by atoms with Gasteiger partial charge in [-0.15, -0.1) is 0 Å². The number of carbonyl (C=O) groups excluding carboxylic acids is 1. The van der Waals surface area contributed by atoms with Crippen LogP contribution in [0.25, 0.3) is 0 Å². The minimum Gasteiger partial charge on any atom is -0.339 e. The zero-order chi connectivity index (χ0) is 19.8. The number of nitrogens with one attached hydrogen (secondary N) is 1. The van der Waals surface area contributed by atoms with Gasteiger partial charge in [-0.25, -0.2) is 8.42 Å². The summed E-state index contributed by atoms with van der Waals surface area (Å²) >= 11 is 0. The second kappa shape index (κ2) is 9.82. The van der Waals surface area contributed by atoms with Crippen molar-refractivity contribution in [3.63, 3.8) is 0 Å². The molecule has 28 heavy (non-hydrogen) atoms. The fourth-order valence-electron chi connectivity index (χ4n) is 3.30. The van der Waals surface area contributed by atoms with E-state index in [1.54, 1.807) is 35.2 Å². The van der Waals surface area contributed by atoms with Gasteiger partial charge in [0, 0.05) is 32.7 Å². The summed E-state index contributed by atoms with van der Waals surface area (Å²) in [6.45, 7) is 2.90. The molecule has 0 spiro atoms. The predicted octanol–water partition coefficient (Wildman–Crippen LogP) is 1.74. The lowest BCUT2D eigenvalue weighted by Gasteiger charge is -2.30. The van der Waals surface area contributed by atoms with Crippen LogP contribution in [0.1, 0.15) is 12.0 Å². The van der Waals surface area contributed by atoms with Gasteiger partial charge in [0.1, 0.15) is 0 Å². The lowest BCUT2D eigenvalue weighted by atomic mass is 10.1. The van der Waals surface area contributed by atoms with Gasteiger partial charge in [-0.1, -0.05) is 48.5 Å². The molecule has 1 N–H and O–H groups in total. The van der Waals surface area contributed by atoms with Crippen LogP contribution in [0.5, 0.6) is 0 Å². The SMILES string of the molecule is O=C(CN(CCCc1ccccc1)S(=O)(=O)c1ccccc1)N1CCNCC1. The molecule has 1 saturated heterocycles. The summed E-state index contributed by atoms with van der Waals surface area (Å²) in [7, 11) is -3.72. The number of hydrogen-bond acceptors (Lipinski definition) is 4. The molecule has 0 aromatic heterocycles.